The molecule has 3 atom stereocenters. The van der Waals surface area contributed by atoms with Gasteiger partial charge in [0, 0.05) is 0 Å². The zero-order valence-corrected chi connectivity index (χ0v) is 13.5. The number of hydrogen-bond acceptors (Lipinski definition) is 5. The summed E-state index contributed by atoms with van der Waals surface area (Å²) in [5, 5.41) is 21.2. The molecule has 0 spiro atoms. The SMILES string of the molecule is C.C=CC(=O)N1C[C@@H](F)[C@@H](OC(=O)N[C@@H](Cc2ccccc2)B(O)O)C1. The summed E-state index contributed by atoms with van der Waals surface area (Å²) in [5.41, 5.74) is 0.785. The lowest BCUT2D eigenvalue weighted by Crippen LogP contribution is -2.49. The van der Waals surface area contributed by atoms with Crippen molar-refractivity contribution in [1.29, 1.82) is 0 Å². The third kappa shape index (κ3) is 5.85. The van der Waals surface area contributed by atoms with Crippen molar-refractivity contribution in [2.75, 3.05) is 13.1 Å². The van der Waals surface area contributed by atoms with E-state index in [2.05, 4.69) is 11.9 Å². The van der Waals surface area contributed by atoms with Crippen molar-refractivity contribution in [3.05, 3.63) is 48.6 Å². The predicted molar refractivity (Wildman–Crippen MR) is 95.9 cm³/mol. The quantitative estimate of drug-likeness (QED) is 0.509. The fourth-order valence-electron chi connectivity index (χ4n) is 2.58. The van der Waals surface area contributed by atoms with E-state index in [4.69, 9.17) is 4.74 Å². The Morgan fingerprint density at radius 3 is 2.62 bits per heavy atom. The minimum absolute atomic E-state index is 0. The molecule has 1 aliphatic heterocycles. The highest BCUT2D eigenvalue weighted by Crippen LogP contribution is 2.17. The van der Waals surface area contributed by atoms with Gasteiger partial charge in [-0.05, 0) is 18.1 Å². The van der Waals surface area contributed by atoms with Gasteiger partial charge in [0.1, 0.15) is 0 Å². The second kappa shape index (κ2) is 9.93. The minimum Gasteiger partial charge on any atom is -0.441 e. The van der Waals surface area contributed by atoms with Gasteiger partial charge in [0.05, 0.1) is 19.0 Å². The summed E-state index contributed by atoms with van der Waals surface area (Å²) in [6, 6.07) is 8.93. The van der Waals surface area contributed by atoms with Crippen LogP contribution in [0.5, 0.6) is 0 Å². The molecule has 1 heterocycles. The first-order valence-corrected chi connectivity index (χ1v) is 7.83. The summed E-state index contributed by atoms with van der Waals surface area (Å²) in [4.78, 5) is 24.6. The van der Waals surface area contributed by atoms with Gasteiger partial charge in [-0.1, -0.05) is 44.3 Å². The number of carbonyl (C=O) groups is 2. The highest BCUT2D eigenvalue weighted by Gasteiger charge is 2.38. The standard InChI is InChI=1S/C16H20BFN2O5.CH4/c1-2-15(21)20-9-12(18)13(10-20)25-16(22)19-14(17(23)24)8-11-6-4-3-5-7-11;/h2-7,12-14,23-24H,1,8-10H2,(H,19,22);1H4/t12-,13+,14+;/m1./s1. The number of amides is 2. The Morgan fingerprint density at radius 2 is 2.04 bits per heavy atom. The molecule has 0 bridgehead atoms. The second-order valence-corrected chi connectivity index (χ2v) is 5.76. The fraction of sp³-hybridized carbons (Fsp3) is 0.412. The first-order valence-electron chi connectivity index (χ1n) is 7.83. The van der Waals surface area contributed by atoms with Gasteiger partial charge in [-0.3, -0.25) is 4.79 Å². The first kappa shape index (κ1) is 21.7. The molecule has 2 amide bonds. The molecular formula is C17H24BFN2O5. The van der Waals surface area contributed by atoms with Crippen molar-refractivity contribution in [2.45, 2.75) is 32.1 Å². The largest absolute Gasteiger partial charge is 0.475 e. The zero-order valence-electron chi connectivity index (χ0n) is 13.5. The number of likely N-dealkylation sites (tertiary alicyclic amines) is 1. The number of halogens is 1. The lowest BCUT2D eigenvalue weighted by Gasteiger charge is -2.20. The summed E-state index contributed by atoms with van der Waals surface area (Å²) in [6.07, 6.45) is -2.38. The van der Waals surface area contributed by atoms with Crippen molar-refractivity contribution in [3.63, 3.8) is 0 Å². The van der Waals surface area contributed by atoms with Gasteiger partial charge in [0.15, 0.2) is 12.3 Å². The maximum atomic E-state index is 13.9. The Morgan fingerprint density at radius 1 is 1.38 bits per heavy atom. The summed E-state index contributed by atoms with van der Waals surface area (Å²) in [7, 11) is -1.81. The minimum atomic E-state index is -1.81. The molecular weight excluding hydrogens is 342 g/mol. The van der Waals surface area contributed by atoms with Crippen LogP contribution in [-0.4, -0.2) is 65.4 Å². The number of alkyl halides is 1. The van der Waals surface area contributed by atoms with E-state index in [0.717, 1.165) is 11.6 Å². The maximum Gasteiger partial charge on any atom is 0.475 e. The fourth-order valence-corrected chi connectivity index (χ4v) is 2.58. The normalized spacial score (nSPS) is 19.9. The smallest absolute Gasteiger partial charge is 0.441 e. The number of nitrogens with one attached hydrogen (secondary N) is 1. The summed E-state index contributed by atoms with van der Waals surface area (Å²) < 4.78 is 18.9. The molecule has 0 aliphatic carbocycles. The number of alkyl carbamates (subject to hydrolysis) is 1. The van der Waals surface area contributed by atoms with Crippen LogP contribution in [0.1, 0.15) is 13.0 Å². The van der Waals surface area contributed by atoms with E-state index in [1.165, 1.54) is 4.90 Å². The highest BCUT2D eigenvalue weighted by atomic mass is 19.1. The molecule has 0 unspecified atom stereocenters. The van der Waals surface area contributed by atoms with Gasteiger partial charge in [0.2, 0.25) is 5.91 Å². The molecule has 9 heteroatoms. The molecule has 0 aromatic heterocycles. The van der Waals surface area contributed by atoms with Crippen LogP contribution in [0.4, 0.5) is 9.18 Å². The van der Waals surface area contributed by atoms with Gasteiger partial charge in [-0.25, -0.2) is 9.18 Å². The summed E-state index contributed by atoms with van der Waals surface area (Å²) >= 11 is 0. The topological polar surface area (TPSA) is 99.1 Å². The van der Waals surface area contributed by atoms with Crippen molar-refractivity contribution in [2.24, 2.45) is 0 Å². The van der Waals surface area contributed by atoms with E-state index in [1.54, 1.807) is 24.3 Å². The van der Waals surface area contributed by atoms with Crippen LogP contribution < -0.4 is 5.32 Å². The molecule has 142 valence electrons. The van der Waals surface area contributed by atoms with Crippen LogP contribution in [0.25, 0.3) is 0 Å². The molecule has 0 radical (unpaired) electrons. The Balaban J connectivity index is 0.00000338. The van der Waals surface area contributed by atoms with E-state index in [0.29, 0.717) is 0 Å². The third-order valence-corrected chi connectivity index (χ3v) is 3.90. The van der Waals surface area contributed by atoms with Crippen molar-refractivity contribution in [1.82, 2.24) is 10.2 Å². The molecule has 1 aliphatic rings. The molecule has 3 N–H and O–H groups in total. The second-order valence-electron chi connectivity index (χ2n) is 5.76. The van der Waals surface area contributed by atoms with Crippen LogP contribution in [0, 0.1) is 0 Å². The Kier molecular flexibility index (Phi) is 8.27. The number of ether oxygens (including phenoxy) is 1. The molecule has 1 aromatic rings. The average Bonchev–Trinajstić information content (AvgIpc) is 2.95. The highest BCUT2D eigenvalue weighted by molar-refractivity contribution is 6.43. The summed E-state index contributed by atoms with van der Waals surface area (Å²) in [5.74, 6) is -1.46. The molecule has 2 rings (SSSR count). The van der Waals surface area contributed by atoms with E-state index >= 15 is 0 Å². The van der Waals surface area contributed by atoms with Crippen LogP contribution in [0.2, 0.25) is 0 Å². The van der Waals surface area contributed by atoms with Gasteiger partial charge in [-0.2, -0.15) is 0 Å². The number of carbonyl (C=O) groups excluding carboxylic acids is 2. The van der Waals surface area contributed by atoms with Crippen LogP contribution in [0.3, 0.4) is 0 Å². The van der Waals surface area contributed by atoms with Crippen molar-refractivity contribution < 1.29 is 28.8 Å². The van der Waals surface area contributed by atoms with Crippen LogP contribution in [0.15, 0.2) is 43.0 Å². The lowest BCUT2D eigenvalue weighted by molar-refractivity contribution is -0.125. The molecule has 1 aromatic carbocycles. The van der Waals surface area contributed by atoms with Gasteiger partial charge in [0.25, 0.3) is 0 Å². The van der Waals surface area contributed by atoms with E-state index in [1.807, 2.05) is 6.07 Å². The van der Waals surface area contributed by atoms with Crippen molar-refractivity contribution >= 4 is 19.1 Å². The van der Waals surface area contributed by atoms with Crippen LogP contribution >= 0.6 is 0 Å². The van der Waals surface area contributed by atoms with E-state index < -0.39 is 37.3 Å². The van der Waals surface area contributed by atoms with Crippen LogP contribution in [-0.2, 0) is 16.0 Å². The molecule has 7 nitrogen and oxygen atoms in total. The van der Waals surface area contributed by atoms with Gasteiger partial charge < -0.3 is 25.0 Å². The number of nitrogens with zero attached hydrogens (tertiary/aromatic N) is 1. The van der Waals surface area contributed by atoms with E-state index in [-0.39, 0.29) is 26.9 Å². The number of benzene rings is 1. The first-order chi connectivity index (χ1) is 11.9. The molecule has 1 saturated heterocycles. The molecule has 1 fully saturated rings. The average molecular weight is 366 g/mol. The number of hydrogen-bond donors (Lipinski definition) is 3. The van der Waals surface area contributed by atoms with Crippen molar-refractivity contribution in [3.8, 4) is 0 Å². The zero-order chi connectivity index (χ0) is 18.4. The van der Waals surface area contributed by atoms with Gasteiger partial charge >= 0.3 is 13.2 Å². The third-order valence-electron chi connectivity index (χ3n) is 3.90. The maximum absolute atomic E-state index is 13.9. The monoisotopic (exact) mass is 366 g/mol. The Bertz CT molecular complexity index is 616. The molecule has 26 heavy (non-hydrogen) atoms. The Hall–Kier alpha value is -2.39. The van der Waals surface area contributed by atoms with E-state index in [9.17, 15) is 24.0 Å². The lowest BCUT2D eigenvalue weighted by atomic mass is 9.76. The van der Waals surface area contributed by atoms with Gasteiger partial charge in [-0.15, -0.1) is 0 Å². The number of rotatable bonds is 6. The molecule has 0 saturated carbocycles. The predicted octanol–water partition coefficient (Wildman–Crippen LogP) is 0.707. The Labute approximate surface area is 152 Å². The summed E-state index contributed by atoms with van der Waals surface area (Å²) in [6.45, 7) is 3.06.